The van der Waals surface area contributed by atoms with Crippen molar-refractivity contribution in [1.82, 2.24) is 4.98 Å². The summed E-state index contributed by atoms with van der Waals surface area (Å²) in [6.07, 6.45) is 1.60. The number of nitrogens with zero attached hydrogens (tertiary/aromatic N) is 1. The lowest BCUT2D eigenvalue weighted by molar-refractivity contribution is 0.400. The normalized spacial score (nSPS) is 10.1. The summed E-state index contributed by atoms with van der Waals surface area (Å²) in [6, 6.07) is 9.97. The van der Waals surface area contributed by atoms with Gasteiger partial charge in [-0.1, -0.05) is 24.3 Å². The molecule has 0 amide bonds. The zero-order valence-corrected chi connectivity index (χ0v) is 9.40. The van der Waals surface area contributed by atoms with E-state index in [1.165, 1.54) is 5.56 Å². The summed E-state index contributed by atoms with van der Waals surface area (Å²) >= 11 is 0. The summed E-state index contributed by atoms with van der Waals surface area (Å²) in [5.41, 5.74) is 9.59. The number of anilines is 1. The van der Waals surface area contributed by atoms with Crippen LogP contribution in [0.2, 0.25) is 0 Å². The Balaban J connectivity index is 2.63. The van der Waals surface area contributed by atoms with Crippen LogP contribution in [0, 0.1) is 6.92 Å². The topological polar surface area (TPSA) is 48.1 Å². The Morgan fingerprint density at radius 3 is 2.62 bits per heavy atom. The van der Waals surface area contributed by atoms with E-state index in [0.717, 1.165) is 11.1 Å². The molecule has 0 fully saturated rings. The molecular weight excluding hydrogens is 200 g/mol. The highest BCUT2D eigenvalue weighted by molar-refractivity contribution is 5.74. The SMILES string of the molecule is COc1ncc(N)cc1-c1ccccc1C. The van der Waals surface area contributed by atoms with Gasteiger partial charge in [0, 0.05) is 5.56 Å². The molecule has 1 heterocycles. The average molecular weight is 214 g/mol. The Hall–Kier alpha value is -2.03. The third kappa shape index (κ3) is 1.84. The molecule has 0 aliphatic heterocycles. The second-order valence-corrected chi connectivity index (χ2v) is 3.64. The summed E-state index contributed by atoms with van der Waals surface area (Å²) in [5, 5.41) is 0. The van der Waals surface area contributed by atoms with E-state index in [4.69, 9.17) is 10.5 Å². The van der Waals surface area contributed by atoms with Gasteiger partial charge in [0.1, 0.15) is 0 Å². The van der Waals surface area contributed by atoms with Crippen LogP contribution in [-0.2, 0) is 0 Å². The van der Waals surface area contributed by atoms with Gasteiger partial charge in [0.05, 0.1) is 19.0 Å². The first-order valence-electron chi connectivity index (χ1n) is 5.08. The minimum Gasteiger partial charge on any atom is -0.481 e. The van der Waals surface area contributed by atoms with Crippen LogP contribution in [0.4, 0.5) is 5.69 Å². The number of nitrogens with two attached hydrogens (primary N) is 1. The van der Waals surface area contributed by atoms with Crippen molar-refractivity contribution in [3.63, 3.8) is 0 Å². The van der Waals surface area contributed by atoms with Crippen molar-refractivity contribution in [2.75, 3.05) is 12.8 Å². The fraction of sp³-hybridized carbons (Fsp3) is 0.154. The van der Waals surface area contributed by atoms with Gasteiger partial charge in [-0.05, 0) is 24.1 Å². The van der Waals surface area contributed by atoms with E-state index in [0.29, 0.717) is 11.6 Å². The molecule has 0 unspecified atom stereocenters. The van der Waals surface area contributed by atoms with Crippen molar-refractivity contribution in [2.24, 2.45) is 0 Å². The van der Waals surface area contributed by atoms with Gasteiger partial charge in [-0.25, -0.2) is 4.98 Å². The molecule has 0 bridgehead atoms. The van der Waals surface area contributed by atoms with E-state index >= 15 is 0 Å². The number of hydrogen-bond donors (Lipinski definition) is 1. The molecular formula is C13H14N2O. The van der Waals surface area contributed by atoms with Crippen LogP contribution in [0.25, 0.3) is 11.1 Å². The second-order valence-electron chi connectivity index (χ2n) is 3.64. The molecule has 0 spiro atoms. The van der Waals surface area contributed by atoms with E-state index in [-0.39, 0.29) is 0 Å². The number of benzene rings is 1. The van der Waals surface area contributed by atoms with Crippen molar-refractivity contribution in [3.05, 3.63) is 42.1 Å². The monoisotopic (exact) mass is 214 g/mol. The maximum Gasteiger partial charge on any atom is 0.221 e. The summed E-state index contributed by atoms with van der Waals surface area (Å²) in [6.45, 7) is 2.05. The largest absolute Gasteiger partial charge is 0.481 e. The van der Waals surface area contributed by atoms with Gasteiger partial charge in [-0.2, -0.15) is 0 Å². The highest BCUT2D eigenvalue weighted by Gasteiger charge is 2.09. The Morgan fingerprint density at radius 2 is 1.94 bits per heavy atom. The van der Waals surface area contributed by atoms with Crippen LogP contribution < -0.4 is 10.5 Å². The molecule has 16 heavy (non-hydrogen) atoms. The molecule has 0 aliphatic carbocycles. The highest BCUT2D eigenvalue weighted by Crippen LogP contribution is 2.31. The molecule has 0 saturated heterocycles. The summed E-state index contributed by atoms with van der Waals surface area (Å²) in [7, 11) is 1.61. The standard InChI is InChI=1S/C13H14N2O/c1-9-5-3-4-6-11(9)12-7-10(14)8-15-13(12)16-2/h3-8H,14H2,1-2H3. The van der Waals surface area contributed by atoms with Crippen molar-refractivity contribution in [2.45, 2.75) is 6.92 Å². The molecule has 2 aromatic rings. The Morgan fingerprint density at radius 1 is 1.19 bits per heavy atom. The van der Waals surface area contributed by atoms with E-state index in [1.807, 2.05) is 24.3 Å². The fourth-order valence-electron chi connectivity index (χ4n) is 1.70. The lowest BCUT2D eigenvalue weighted by Gasteiger charge is -2.10. The molecule has 3 nitrogen and oxygen atoms in total. The van der Waals surface area contributed by atoms with Gasteiger partial charge >= 0.3 is 0 Å². The van der Waals surface area contributed by atoms with Gasteiger partial charge in [0.2, 0.25) is 5.88 Å². The van der Waals surface area contributed by atoms with Gasteiger partial charge in [0.15, 0.2) is 0 Å². The van der Waals surface area contributed by atoms with Crippen molar-refractivity contribution >= 4 is 5.69 Å². The van der Waals surface area contributed by atoms with Crippen LogP contribution >= 0.6 is 0 Å². The number of ether oxygens (including phenoxy) is 1. The molecule has 2 rings (SSSR count). The maximum absolute atomic E-state index is 5.75. The van der Waals surface area contributed by atoms with Gasteiger partial charge < -0.3 is 10.5 Å². The summed E-state index contributed by atoms with van der Waals surface area (Å²) in [5.74, 6) is 0.600. The first kappa shape index (κ1) is 10.5. The smallest absolute Gasteiger partial charge is 0.221 e. The molecule has 0 radical (unpaired) electrons. The first-order chi connectivity index (χ1) is 7.72. The highest BCUT2D eigenvalue weighted by atomic mass is 16.5. The minimum atomic E-state index is 0.600. The molecule has 1 aromatic carbocycles. The number of pyridine rings is 1. The average Bonchev–Trinajstić information content (AvgIpc) is 2.29. The molecule has 0 aliphatic rings. The molecule has 2 N–H and O–H groups in total. The van der Waals surface area contributed by atoms with E-state index < -0.39 is 0 Å². The summed E-state index contributed by atoms with van der Waals surface area (Å²) < 4.78 is 5.24. The van der Waals surface area contributed by atoms with E-state index in [9.17, 15) is 0 Å². The number of aromatic nitrogens is 1. The van der Waals surface area contributed by atoms with Crippen LogP contribution in [0.3, 0.4) is 0 Å². The Labute approximate surface area is 94.9 Å². The molecule has 3 heteroatoms. The second kappa shape index (κ2) is 4.23. The quantitative estimate of drug-likeness (QED) is 0.836. The number of rotatable bonds is 2. The Kier molecular flexibility index (Phi) is 2.77. The number of aryl methyl sites for hydroxylation is 1. The minimum absolute atomic E-state index is 0.600. The van der Waals surface area contributed by atoms with Crippen molar-refractivity contribution in [1.29, 1.82) is 0 Å². The zero-order chi connectivity index (χ0) is 11.5. The van der Waals surface area contributed by atoms with Crippen molar-refractivity contribution in [3.8, 4) is 17.0 Å². The van der Waals surface area contributed by atoms with Crippen LogP contribution in [-0.4, -0.2) is 12.1 Å². The summed E-state index contributed by atoms with van der Waals surface area (Å²) in [4.78, 5) is 4.17. The van der Waals surface area contributed by atoms with E-state index in [2.05, 4.69) is 18.0 Å². The van der Waals surface area contributed by atoms with Crippen LogP contribution in [0.1, 0.15) is 5.56 Å². The molecule has 0 saturated carbocycles. The predicted molar refractivity (Wildman–Crippen MR) is 65.4 cm³/mol. The Bertz CT molecular complexity index is 509. The molecule has 0 atom stereocenters. The lowest BCUT2D eigenvalue weighted by Crippen LogP contribution is -1.95. The number of nitrogen functional groups attached to an aromatic ring is 1. The maximum atomic E-state index is 5.75. The lowest BCUT2D eigenvalue weighted by atomic mass is 10.0. The van der Waals surface area contributed by atoms with E-state index in [1.54, 1.807) is 13.3 Å². The van der Waals surface area contributed by atoms with Crippen LogP contribution in [0.5, 0.6) is 5.88 Å². The van der Waals surface area contributed by atoms with Crippen LogP contribution in [0.15, 0.2) is 36.5 Å². The van der Waals surface area contributed by atoms with Gasteiger partial charge in [-0.3, -0.25) is 0 Å². The molecule has 82 valence electrons. The first-order valence-corrected chi connectivity index (χ1v) is 5.08. The number of hydrogen-bond acceptors (Lipinski definition) is 3. The third-order valence-corrected chi connectivity index (χ3v) is 2.50. The number of methoxy groups -OCH3 is 1. The molecule has 1 aromatic heterocycles. The van der Waals surface area contributed by atoms with Gasteiger partial charge in [-0.15, -0.1) is 0 Å². The zero-order valence-electron chi connectivity index (χ0n) is 9.40. The fourth-order valence-corrected chi connectivity index (χ4v) is 1.70. The predicted octanol–water partition coefficient (Wildman–Crippen LogP) is 2.65. The van der Waals surface area contributed by atoms with Gasteiger partial charge in [0.25, 0.3) is 0 Å². The third-order valence-electron chi connectivity index (χ3n) is 2.50. The van der Waals surface area contributed by atoms with Crippen molar-refractivity contribution < 1.29 is 4.74 Å².